The first kappa shape index (κ1) is 39.7. The molecule has 0 amide bonds. The Hall–Kier alpha value is -7.85. The molecule has 0 unspecified atom stereocenters. The van der Waals surface area contributed by atoms with Crippen LogP contribution in [0, 0.1) is 0 Å². The molecule has 5 aliphatic rings. The van der Waals surface area contributed by atoms with Crippen molar-refractivity contribution in [1.29, 1.82) is 0 Å². The van der Waals surface area contributed by atoms with Crippen molar-refractivity contribution in [2.24, 2.45) is 0 Å². The normalized spacial score (nSPS) is 15.9. The van der Waals surface area contributed by atoms with Gasteiger partial charge in [0.15, 0.2) is 34.5 Å². The fraction of sp³-hybridized carbons (Fsp3) is 0.188. The summed E-state index contributed by atoms with van der Waals surface area (Å²) in [7, 11) is 0. The first-order valence-electron chi connectivity index (χ1n) is 20.6. The average molecular weight is 930 g/mol. The van der Waals surface area contributed by atoms with E-state index in [9.17, 15) is 9.90 Å². The van der Waals surface area contributed by atoms with Gasteiger partial charge in [0.05, 0.1) is 28.9 Å². The Balaban J connectivity index is 0.00000456. The summed E-state index contributed by atoms with van der Waals surface area (Å²) in [5, 5.41) is 12.0. The van der Waals surface area contributed by atoms with Crippen LogP contribution in [0.15, 0.2) is 78.9 Å². The minimum absolute atomic E-state index is 0. The van der Waals surface area contributed by atoms with Gasteiger partial charge in [-0.05, 0) is 100 Å². The number of hydrogen-bond acceptors (Lipinski definition) is 14. The molecular weight excluding hydrogens is 898 g/mol. The van der Waals surface area contributed by atoms with Crippen molar-refractivity contribution < 1.29 is 62.5 Å². The molecule has 320 valence electrons. The molecule has 0 saturated carbocycles. The van der Waals surface area contributed by atoms with Crippen LogP contribution in [0.25, 0.3) is 89.7 Å². The van der Waals surface area contributed by atoms with E-state index in [0.29, 0.717) is 130 Å². The van der Waals surface area contributed by atoms with Crippen LogP contribution in [0.3, 0.4) is 0 Å². The van der Waals surface area contributed by atoms with Crippen molar-refractivity contribution in [2.75, 3.05) is 0 Å². The van der Waals surface area contributed by atoms with Gasteiger partial charge in [0, 0.05) is 86.4 Å². The second-order valence-corrected chi connectivity index (χ2v) is 17.5. The number of fused-ring (bicyclic) bond motifs is 23. The van der Waals surface area contributed by atoms with Crippen molar-refractivity contribution in [3.05, 3.63) is 84.4 Å². The summed E-state index contributed by atoms with van der Waals surface area (Å²) in [6, 6.07) is 22.7. The largest absolute Gasteiger partial charge is 2.00 e. The monoisotopic (exact) mass is 928 g/mol. The van der Waals surface area contributed by atoms with E-state index in [1.807, 2.05) is 84.0 Å². The van der Waals surface area contributed by atoms with Crippen LogP contribution in [0.5, 0.6) is 46.0 Å². The molecule has 0 spiro atoms. The summed E-state index contributed by atoms with van der Waals surface area (Å²) in [5.74, 6) is 1.56. The van der Waals surface area contributed by atoms with Gasteiger partial charge < -0.3 is 68.2 Å². The molecule has 18 heteroatoms. The van der Waals surface area contributed by atoms with E-state index in [2.05, 4.69) is 0 Å². The molecule has 3 aromatic heterocycles. The fourth-order valence-electron chi connectivity index (χ4n) is 8.65. The number of rotatable bonds is 3. The van der Waals surface area contributed by atoms with Crippen LogP contribution < -0.4 is 43.1 Å². The predicted molar refractivity (Wildman–Crippen MR) is 233 cm³/mol. The molecule has 17 nitrogen and oxygen atoms in total. The van der Waals surface area contributed by atoms with Crippen LogP contribution in [-0.2, 0) is 19.5 Å². The van der Waals surface area contributed by atoms with Crippen molar-refractivity contribution >= 4 is 50.1 Å². The SMILES string of the molecule is CC1(C)Oc2cc3c(cc2O1)-c1nc-3nc2[n-]c(nc3nc(nc4[n-]c(n1)c1cc5c(cc41)OC(C)(C)O5)-c1cc(Oc4ccc(C(=O)O)cc4)ccc1-3)c1cc3c(cc21)OC(C)(C)O3.[Zn+2]. The van der Waals surface area contributed by atoms with Gasteiger partial charge in [0.2, 0.25) is 17.4 Å². The molecule has 0 fully saturated rings. The number of aromatic carboxylic acids is 1. The van der Waals surface area contributed by atoms with Gasteiger partial charge in [0.1, 0.15) is 11.5 Å². The van der Waals surface area contributed by atoms with Crippen LogP contribution in [0.1, 0.15) is 51.9 Å². The number of nitrogens with zero attached hydrogens (tertiary/aromatic N) is 8. The first-order valence-corrected chi connectivity index (χ1v) is 20.6. The molecule has 8 heterocycles. The molecule has 5 aromatic carbocycles. The van der Waals surface area contributed by atoms with Gasteiger partial charge in [-0.25, -0.2) is 14.8 Å². The maximum absolute atomic E-state index is 11.5. The summed E-state index contributed by atoms with van der Waals surface area (Å²) < 4.78 is 43.3. The molecule has 1 N–H and O–H groups in total. The minimum Gasteiger partial charge on any atom is -0.478 e. The first-order chi connectivity index (χ1) is 31.1. The standard InChI is InChI=1S/C48H33N8O9.Zn/c1-46(2)60-31-14-25-26(15-32(31)61-46)41-52-39(25)50-37-23-12-11-22(59-21-9-7-20(8-10-21)45(57)58)13-24(23)38(49-37)51-40-27-16-33-34(63-47(3,4)62-33)17-28(27)42(53-40)55-44-30-19-36-35(64-48(5,6)65-36)18-29(30)43(54-41)56-44;/h7-19H,1-6H3,(H2-,49,50,51,52,53,54,55,56,57,58);/q-1;+2/p-1. The summed E-state index contributed by atoms with van der Waals surface area (Å²) in [4.78, 5) is 52.1. The number of carboxylic acids is 1. The molecule has 8 bridgehead atoms. The number of ether oxygens (including phenoxy) is 7. The number of aromatic nitrogens is 8. The van der Waals surface area contributed by atoms with E-state index in [1.54, 1.807) is 24.3 Å². The van der Waals surface area contributed by atoms with Crippen molar-refractivity contribution in [1.82, 2.24) is 39.9 Å². The van der Waals surface area contributed by atoms with Gasteiger partial charge in [-0.15, -0.1) is 0 Å². The van der Waals surface area contributed by atoms with Crippen LogP contribution in [0.2, 0.25) is 0 Å². The van der Waals surface area contributed by atoms with Crippen molar-refractivity contribution in [3.63, 3.8) is 0 Å². The number of benzene rings is 5. The second kappa shape index (κ2) is 13.4. The fourth-order valence-corrected chi connectivity index (χ4v) is 8.65. The van der Waals surface area contributed by atoms with Crippen molar-refractivity contribution in [2.45, 2.75) is 58.9 Å². The topological polar surface area (TPSA) is 207 Å². The summed E-state index contributed by atoms with van der Waals surface area (Å²) in [6.45, 7) is 11.0. The van der Waals surface area contributed by atoms with E-state index in [0.717, 1.165) is 0 Å². The van der Waals surface area contributed by atoms with E-state index >= 15 is 0 Å². The zero-order valence-corrected chi connectivity index (χ0v) is 39.0. The van der Waals surface area contributed by atoms with Gasteiger partial charge in [-0.3, -0.25) is 0 Å². The Morgan fingerprint density at radius 3 is 1.17 bits per heavy atom. The Morgan fingerprint density at radius 2 is 0.788 bits per heavy atom. The van der Waals surface area contributed by atoms with Crippen LogP contribution in [-0.4, -0.2) is 58.3 Å². The third-order valence-electron chi connectivity index (χ3n) is 11.3. The van der Waals surface area contributed by atoms with E-state index in [4.69, 9.17) is 73.0 Å². The Labute approximate surface area is 385 Å². The predicted octanol–water partition coefficient (Wildman–Crippen LogP) is 9.14. The third-order valence-corrected chi connectivity index (χ3v) is 11.3. The van der Waals surface area contributed by atoms with Gasteiger partial charge in [-0.2, -0.15) is 0 Å². The van der Waals surface area contributed by atoms with Gasteiger partial charge >= 0.3 is 25.4 Å². The minimum atomic E-state index is -1.04. The number of hydrogen-bond donors (Lipinski definition) is 1. The Kier molecular flexibility index (Phi) is 8.04. The summed E-state index contributed by atoms with van der Waals surface area (Å²) in [6.07, 6.45) is 0. The molecular formula is C48H32N8O9Zn. The maximum atomic E-state index is 11.5. The second-order valence-electron chi connectivity index (χ2n) is 17.5. The van der Waals surface area contributed by atoms with Crippen molar-refractivity contribution in [3.8, 4) is 91.5 Å². The number of carboxylic acid groups (broad SMARTS) is 1. The average Bonchev–Trinajstić information content (AvgIpc) is 4.09. The van der Waals surface area contributed by atoms with E-state index < -0.39 is 23.3 Å². The molecule has 0 radical (unpaired) electrons. The van der Waals surface area contributed by atoms with Crippen LogP contribution in [0.4, 0.5) is 0 Å². The Bertz CT molecular complexity index is 3680. The zero-order valence-electron chi connectivity index (χ0n) is 36.0. The molecule has 5 aliphatic heterocycles. The molecule has 0 atom stereocenters. The van der Waals surface area contributed by atoms with E-state index in [1.165, 1.54) is 12.1 Å². The molecule has 8 aromatic rings. The molecule has 66 heavy (non-hydrogen) atoms. The van der Waals surface area contributed by atoms with E-state index in [-0.39, 0.29) is 30.9 Å². The number of carbonyl (C=O) groups is 1. The summed E-state index contributed by atoms with van der Waals surface area (Å²) >= 11 is 0. The molecule has 13 rings (SSSR count). The quantitative estimate of drug-likeness (QED) is 0.164. The zero-order chi connectivity index (χ0) is 44.3. The maximum Gasteiger partial charge on any atom is 2.00 e. The van der Waals surface area contributed by atoms with Gasteiger partial charge in [-0.1, -0.05) is 0 Å². The molecule has 0 saturated heterocycles. The molecule has 0 aliphatic carbocycles. The third kappa shape index (κ3) is 6.26. The van der Waals surface area contributed by atoms with Gasteiger partial charge in [0.25, 0.3) is 0 Å². The van der Waals surface area contributed by atoms with Crippen LogP contribution >= 0.6 is 0 Å². The Morgan fingerprint density at radius 1 is 0.455 bits per heavy atom. The smallest absolute Gasteiger partial charge is 0.478 e. The summed E-state index contributed by atoms with van der Waals surface area (Å²) in [5.41, 5.74) is 3.93.